The minimum atomic E-state index is -0.241. The summed E-state index contributed by atoms with van der Waals surface area (Å²) in [7, 11) is 0. The van der Waals surface area contributed by atoms with E-state index in [2.05, 4.69) is 9.80 Å². The SMILES string of the molecule is CC(C)Oc1ccc(F)cc1N1CCN(CCCCCn2c(O)csc2=O)CC1. The van der Waals surface area contributed by atoms with E-state index in [1.807, 2.05) is 13.8 Å². The molecule has 0 aliphatic carbocycles. The van der Waals surface area contributed by atoms with Crippen LogP contribution in [0.4, 0.5) is 10.1 Å². The van der Waals surface area contributed by atoms with Gasteiger partial charge in [-0.3, -0.25) is 14.3 Å². The number of hydrogen-bond acceptors (Lipinski definition) is 6. The van der Waals surface area contributed by atoms with Crippen molar-refractivity contribution in [1.29, 1.82) is 0 Å². The number of thiazole rings is 1. The Morgan fingerprint density at radius 3 is 2.52 bits per heavy atom. The Labute approximate surface area is 175 Å². The van der Waals surface area contributed by atoms with E-state index >= 15 is 0 Å². The van der Waals surface area contributed by atoms with Gasteiger partial charge in [0.15, 0.2) is 0 Å². The molecule has 2 heterocycles. The number of anilines is 1. The lowest BCUT2D eigenvalue weighted by Gasteiger charge is -2.37. The Kier molecular flexibility index (Phi) is 7.55. The summed E-state index contributed by atoms with van der Waals surface area (Å²) in [6.07, 6.45) is 3.00. The molecule has 0 radical (unpaired) electrons. The molecule has 8 heteroatoms. The molecular formula is C21H30FN3O3S. The molecule has 160 valence electrons. The van der Waals surface area contributed by atoms with Gasteiger partial charge in [-0.15, -0.1) is 0 Å². The number of aromatic nitrogens is 1. The Hall–Kier alpha value is -2.06. The smallest absolute Gasteiger partial charge is 0.309 e. The second-order valence-electron chi connectivity index (χ2n) is 7.68. The Bertz CT molecular complexity index is 844. The quantitative estimate of drug-likeness (QED) is 0.626. The van der Waals surface area contributed by atoms with Crippen LogP contribution in [0.2, 0.25) is 0 Å². The lowest BCUT2D eigenvalue weighted by atomic mass is 10.2. The van der Waals surface area contributed by atoms with Gasteiger partial charge in [0.2, 0.25) is 5.88 Å². The number of hydrogen-bond donors (Lipinski definition) is 1. The van der Waals surface area contributed by atoms with Crippen LogP contribution in [0.25, 0.3) is 0 Å². The molecular weight excluding hydrogens is 393 g/mol. The summed E-state index contributed by atoms with van der Waals surface area (Å²) < 4.78 is 21.1. The van der Waals surface area contributed by atoms with Crippen molar-refractivity contribution in [2.75, 3.05) is 37.6 Å². The molecule has 2 aromatic rings. The Morgan fingerprint density at radius 2 is 1.86 bits per heavy atom. The maximum Gasteiger partial charge on any atom is 0.309 e. The van der Waals surface area contributed by atoms with Crippen LogP contribution in [0.5, 0.6) is 11.6 Å². The van der Waals surface area contributed by atoms with Gasteiger partial charge >= 0.3 is 4.87 Å². The molecule has 29 heavy (non-hydrogen) atoms. The van der Waals surface area contributed by atoms with Crippen molar-refractivity contribution < 1.29 is 14.2 Å². The second-order valence-corrected chi connectivity index (χ2v) is 8.50. The van der Waals surface area contributed by atoms with Crippen molar-refractivity contribution in [3.63, 3.8) is 0 Å². The summed E-state index contributed by atoms with van der Waals surface area (Å²) >= 11 is 1.03. The van der Waals surface area contributed by atoms with E-state index in [1.54, 1.807) is 12.1 Å². The summed E-state index contributed by atoms with van der Waals surface area (Å²) in [5.41, 5.74) is 0.833. The third-order valence-corrected chi connectivity index (χ3v) is 5.87. The number of unbranched alkanes of at least 4 members (excludes halogenated alkanes) is 2. The molecule has 1 saturated heterocycles. The first-order valence-electron chi connectivity index (χ1n) is 10.2. The number of nitrogens with zero attached hydrogens (tertiary/aromatic N) is 3. The molecule has 6 nitrogen and oxygen atoms in total. The van der Waals surface area contributed by atoms with E-state index in [9.17, 15) is 14.3 Å². The predicted octanol–water partition coefficient (Wildman–Crippen LogP) is 3.53. The van der Waals surface area contributed by atoms with E-state index in [1.165, 1.54) is 16.0 Å². The maximum absolute atomic E-state index is 13.8. The van der Waals surface area contributed by atoms with Crippen LogP contribution >= 0.6 is 11.3 Å². The lowest BCUT2D eigenvalue weighted by Crippen LogP contribution is -2.46. The van der Waals surface area contributed by atoms with Crippen molar-refractivity contribution in [2.45, 2.75) is 45.8 Å². The summed E-state index contributed by atoms with van der Waals surface area (Å²) in [4.78, 5) is 16.1. The molecule has 1 aliphatic rings. The maximum atomic E-state index is 13.8. The molecule has 1 aliphatic heterocycles. The van der Waals surface area contributed by atoms with E-state index in [0.717, 1.165) is 74.8 Å². The van der Waals surface area contributed by atoms with Crippen LogP contribution in [0.3, 0.4) is 0 Å². The molecule has 0 unspecified atom stereocenters. The van der Waals surface area contributed by atoms with Crippen molar-refractivity contribution in [3.8, 4) is 11.6 Å². The average Bonchev–Trinajstić information content (AvgIpc) is 3.01. The number of ether oxygens (including phenoxy) is 1. The molecule has 1 aromatic heterocycles. The number of rotatable bonds is 9. The van der Waals surface area contributed by atoms with Crippen molar-refractivity contribution in [1.82, 2.24) is 9.47 Å². The molecule has 0 saturated carbocycles. The van der Waals surface area contributed by atoms with E-state index in [4.69, 9.17) is 4.74 Å². The summed E-state index contributed by atoms with van der Waals surface area (Å²) in [6.45, 7) is 9.08. The van der Waals surface area contributed by atoms with E-state index in [-0.39, 0.29) is 22.7 Å². The number of halogens is 1. The van der Waals surface area contributed by atoms with Crippen LogP contribution in [0.1, 0.15) is 33.1 Å². The molecule has 0 bridgehead atoms. The van der Waals surface area contributed by atoms with Gasteiger partial charge in [-0.2, -0.15) is 0 Å². The topological polar surface area (TPSA) is 57.9 Å². The zero-order valence-corrected chi connectivity index (χ0v) is 18.0. The fourth-order valence-electron chi connectivity index (χ4n) is 3.62. The van der Waals surface area contributed by atoms with E-state index < -0.39 is 0 Å². The zero-order valence-electron chi connectivity index (χ0n) is 17.1. The van der Waals surface area contributed by atoms with Gasteiger partial charge in [-0.25, -0.2) is 4.39 Å². The van der Waals surface area contributed by atoms with Crippen molar-refractivity contribution >= 4 is 17.0 Å². The van der Waals surface area contributed by atoms with Crippen LogP contribution in [-0.4, -0.2) is 53.4 Å². The highest BCUT2D eigenvalue weighted by atomic mass is 32.1. The highest BCUT2D eigenvalue weighted by molar-refractivity contribution is 7.07. The third-order valence-electron chi connectivity index (χ3n) is 5.11. The average molecular weight is 424 g/mol. The third kappa shape index (κ3) is 5.96. The zero-order chi connectivity index (χ0) is 20.8. The Balaban J connectivity index is 1.42. The summed E-state index contributed by atoms with van der Waals surface area (Å²) in [6, 6.07) is 4.73. The van der Waals surface area contributed by atoms with Crippen LogP contribution in [0.15, 0.2) is 28.4 Å². The fourth-order valence-corrected chi connectivity index (χ4v) is 4.26. The monoisotopic (exact) mass is 423 g/mol. The molecule has 1 aromatic carbocycles. The van der Waals surface area contributed by atoms with E-state index in [0.29, 0.717) is 6.54 Å². The lowest BCUT2D eigenvalue weighted by molar-refractivity contribution is 0.236. The van der Waals surface area contributed by atoms with Crippen LogP contribution in [-0.2, 0) is 6.54 Å². The van der Waals surface area contributed by atoms with Gasteiger partial charge in [0, 0.05) is 38.8 Å². The molecule has 0 atom stereocenters. The van der Waals surface area contributed by atoms with Gasteiger partial charge < -0.3 is 14.7 Å². The van der Waals surface area contributed by atoms with Crippen molar-refractivity contribution in [3.05, 3.63) is 39.1 Å². The minimum Gasteiger partial charge on any atom is -0.494 e. The minimum absolute atomic E-state index is 0.0485. The molecule has 1 N–H and O–H groups in total. The largest absolute Gasteiger partial charge is 0.494 e. The first kappa shape index (κ1) is 21.6. The van der Waals surface area contributed by atoms with Crippen LogP contribution < -0.4 is 14.5 Å². The van der Waals surface area contributed by atoms with Gasteiger partial charge in [0.1, 0.15) is 11.6 Å². The standard InChI is InChI=1S/C21H30FN3O3S/c1-16(2)28-19-7-6-17(22)14-18(19)24-12-10-23(11-13-24)8-4-3-5-9-25-20(26)15-29-21(25)27/h6-7,14-16,26H,3-5,8-13H2,1-2H3. The predicted molar refractivity (Wildman–Crippen MR) is 115 cm³/mol. The summed E-state index contributed by atoms with van der Waals surface area (Å²) in [5.74, 6) is 0.561. The fraction of sp³-hybridized carbons (Fsp3) is 0.571. The Morgan fingerprint density at radius 1 is 1.14 bits per heavy atom. The first-order chi connectivity index (χ1) is 13.9. The molecule has 0 spiro atoms. The second kappa shape index (κ2) is 10.1. The summed E-state index contributed by atoms with van der Waals surface area (Å²) in [5, 5.41) is 11.1. The molecule has 3 rings (SSSR count). The molecule has 1 fully saturated rings. The van der Waals surface area contributed by atoms with Gasteiger partial charge in [0.05, 0.1) is 17.2 Å². The van der Waals surface area contributed by atoms with Gasteiger partial charge in [-0.1, -0.05) is 17.8 Å². The number of benzene rings is 1. The number of piperazine rings is 1. The highest BCUT2D eigenvalue weighted by Gasteiger charge is 2.20. The van der Waals surface area contributed by atoms with Gasteiger partial charge in [0.25, 0.3) is 0 Å². The normalized spacial score (nSPS) is 15.2. The van der Waals surface area contributed by atoms with Gasteiger partial charge in [-0.05, 0) is 45.4 Å². The molecule has 0 amide bonds. The van der Waals surface area contributed by atoms with Crippen LogP contribution in [0, 0.1) is 5.82 Å². The highest BCUT2D eigenvalue weighted by Crippen LogP contribution is 2.31. The van der Waals surface area contributed by atoms with Crippen molar-refractivity contribution in [2.24, 2.45) is 0 Å². The number of aromatic hydroxyl groups is 1. The first-order valence-corrected chi connectivity index (χ1v) is 11.1.